The number of nitrogens with zero attached hydrogens (tertiary/aromatic N) is 2. The summed E-state index contributed by atoms with van der Waals surface area (Å²) in [6.07, 6.45) is 0.499. The van der Waals surface area contributed by atoms with Crippen LogP contribution >= 0.6 is 15.9 Å². The van der Waals surface area contributed by atoms with Crippen molar-refractivity contribution in [2.24, 2.45) is 12.9 Å². The van der Waals surface area contributed by atoms with Crippen molar-refractivity contribution in [2.45, 2.75) is 19.4 Å². The molecule has 0 aliphatic rings. The lowest BCUT2D eigenvalue weighted by Gasteiger charge is -2.17. The largest absolute Gasteiger partial charge is 0.271 e. The lowest BCUT2D eigenvalue weighted by Crippen LogP contribution is -2.30. The summed E-state index contributed by atoms with van der Waals surface area (Å²) in [5.74, 6) is 3.78. The first kappa shape index (κ1) is 15.1. The van der Waals surface area contributed by atoms with Gasteiger partial charge in [0, 0.05) is 13.5 Å². The summed E-state index contributed by atoms with van der Waals surface area (Å²) >= 11 is 3.47. The highest BCUT2D eigenvalue weighted by molar-refractivity contribution is 9.10. The van der Waals surface area contributed by atoms with E-state index in [-0.39, 0.29) is 6.04 Å². The molecule has 0 amide bonds. The van der Waals surface area contributed by atoms with Gasteiger partial charge < -0.3 is 0 Å². The number of hydrazine groups is 1. The van der Waals surface area contributed by atoms with Crippen LogP contribution < -0.4 is 11.3 Å². The Kier molecular flexibility index (Phi) is 4.52. The van der Waals surface area contributed by atoms with Gasteiger partial charge in [0.05, 0.1) is 21.9 Å². The van der Waals surface area contributed by atoms with Gasteiger partial charge in [-0.2, -0.15) is 5.10 Å². The molecule has 0 aliphatic carbocycles. The molecule has 0 radical (unpaired) electrons. The van der Waals surface area contributed by atoms with Gasteiger partial charge in [0.2, 0.25) is 0 Å². The fourth-order valence-electron chi connectivity index (χ4n) is 2.10. The normalized spacial score (nSPS) is 12.7. The number of halogens is 3. The Bertz CT molecular complexity index is 627. The van der Waals surface area contributed by atoms with Crippen LogP contribution in [0.2, 0.25) is 0 Å². The van der Waals surface area contributed by atoms with Gasteiger partial charge in [-0.3, -0.25) is 16.0 Å². The van der Waals surface area contributed by atoms with Crippen molar-refractivity contribution in [3.05, 3.63) is 51.3 Å². The van der Waals surface area contributed by atoms with Crippen LogP contribution in [0, 0.1) is 18.6 Å². The van der Waals surface area contributed by atoms with Crippen molar-refractivity contribution in [2.75, 3.05) is 0 Å². The number of aromatic nitrogens is 2. The monoisotopic (exact) mass is 344 g/mol. The minimum absolute atomic E-state index is 0.337. The van der Waals surface area contributed by atoms with Crippen LogP contribution in [0.3, 0.4) is 0 Å². The maximum Gasteiger partial charge on any atom is 0.159 e. The zero-order valence-corrected chi connectivity index (χ0v) is 12.7. The second-order valence-electron chi connectivity index (χ2n) is 4.57. The summed E-state index contributed by atoms with van der Waals surface area (Å²) in [6.45, 7) is 1.88. The van der Waals surface area contributed by atoms with Crippen molar-refractivity contribution in [3.8, 4) is 0 Å². The fraction of sp³-hybridized carbons (Fsp3) is 0.308. The maximum atomic E-state index is 13.3. The molecule has 20 heavy (non-hydrogen) atoms. The highest BCUT2D eigenvalue weighted by atomic mass is 79.9. The third kappa shape index (κ3) is 2.89. The Labute approximate surface area is 124 Å². The number of nitrogens with one attached hydrogen (secondary N) is 1. The topological polar surface area (TPSA) is 55.9 Å². The van der Waals surface area contributed by atoms with Gasteiger partial charge in [0.25, 0.3) is 0 Å². The standard InChI is InChI=1S/C13H15BrF2N4/c1-7-13(14)12(20(2)19-7)6-11(18-17)8-3-4-9(15)10(16)5-8/h3-5,11,18H,6,17H2,1-2H3. The molecule has 0 fully saturated rings. The van der Waals surface area contributed by atoms with Gasteiger partial charge in [0.15, 0.2) is 11.6 Å². The zero-order valence-electron chi connectivity index (χ0n) is 11.1. The molecule has 4 nitrogen and oxygen atoms in total. The van der Waals surface area contributed by atoms with Crippen LogP contribution in [0.1, 0.15) is 23.0 Å². The van der Waals surface area contributed by atoms with Crippen molar-refractivity contribution in [3.63, 3.8) is 0 Å². The second-order valence-corrected chi connectivity index (χ2v) is 5.36. The third-order valence-corrected chi connectivity index (χ3v) is 4.24. The smallest absolute Gasteiger partial charge is 0.159 e. The number of benzene rings is 1. The number of rotatable bonds is 4. The van der Waals surface area contributed by atoms with Crippen LogP contribution in [0.25, 0.3) is 0 Å². The van der Waals surface area contributed by atoms with Crippen LogP contribution in [-0.4, -0.2) is 9.78 Å². The molecule has 0 saturated carbocycles. The first-order valence-electron chi connectivity index (χ1n) is 6.03. The average Bonchev–Trinajstić information content (AvgIpc) is 2.65. The molecule has 3 N–H and O–H groups in total. The minimum atomic E-state index is -0.886. The van der Waals surface area contributed by atoms with E-state index in [9.17, 15) is 8.78 Å². The van der Waals surface area contributed by atoms with Gasteiger partial charge in [-0.05, 0) is 40.5 Å². The lowest BCUT2D eigenvalue weighted by molar-refractivity contribution is 0.493. The second kappa shape index (κ2) is 5.99. The van der Waals surface area contributed by atoms with Crippen LogP contribution in [0.15, 0.2) is 22.7 Å². The summed E-state index contributed by atoms with van der Waals surface area (Å²) in [6, 6.07) is 3.42. The molecule has 1 heterocycles. The number of hydrogen-bond donors (Lipinski definition) is 2. The van der Waals surface area contributed by atoms with E-state index in [0.717, 1.165) is 28.0 Å². The van der Waals surface area contributed by atoms with Crippen molar-refractivity contribution in [1.29, 1.82) is 0 Å². The number of hydrogen-bond acceptors (Lipinski definition) is 3. The Morgan fingerprint density at radius 3 is 2.60 bits per heavy atom. The van der Waals surface area contributed by atoms with Crippen LogP contribution in [0.5, 0.6) is 0 Å². The minimum Gasteiger partial charge on any atom is -0.271 e. The number of aryl methyl sites for hydroxylation is 2. The third-order valence-electron chi connectivity index (χ3n) is 3.21. The van der Waals surface area contributed by atoms with Gasteiger partial charge in [-0.15, -0.1) is 0 Å². The Morgan fingerprint density at radius 1 is 1.40 bits per heavy atom. The van der Waals surface area contributed by atoms with E-state index in [4.69, 9.17) is 5.84 Å². The van der Waals surface area contributed by atoms with Gasteiger partial charge in [0.1, 0.15) is 0 Å². The van der Waals surface area contributed by atoms with Gasteiger partial charge >= 0.3 is 0 Å². The van der Waals surface area contributed by atoms with Crippen molar-refractivity contribution < 1.29 is 8.78 Å². The molecule has 1 unspecified atom stereocenters. The fourth-order valence-corrected chi connectivity index (χ4v) is 2.60. The van der Waals surface area contributed by atoms with Gasteiger partial charge in [-0.1, -0.05) is 6.07 Å². The molecule has 0 aliphatic heterocycles. The van der Waals surface area contributed by atoms with E-state index in [2.05, 4.69) is 26.5 Å². The first-order chi connectivity index (χ1) is 9.43. The molecule has 0 spiro atoms. The summed E-state index contributed by atoms with van der Waals surface area (Å²) in [5, 5.41) is 4.29. The summed E-state index contributed by atoms with van der Waals surface area (Å²) in [5.41, 5.74) is 5.00. The predicted octanol–water partition coefficient (Wildman–Crippen LogP) is 2.52. The Hall–Kier alpha value is -1.31. The van der Waals surface area contributed by atoms with E-state index >= 15 is 0 Å². The molecular weight excluding hydrogens is 330 g/mol. The molecule has 2 rings (SSSR count). The van der Waals surface area contributed by atoms with Crippen LogP contribution in [0.4, 0.5) is 8.78 Å². The van der Waals surface area contributed by atoms with Crippen molar-refractivity contribution >= 4 is 15.9 Å². The molecular formula is C13H15BrF2N4. The molecule has 2 aromatic rings. The predicted molar refractivity (Wildman–Crippen MR) is 75.8 cm³/mol. The highest BCUT2D eigenvalue weighted by Crippen LogP contribution is 2.26. The van der Waals surface area contributed by atoms with Crippen molar-refractivity contribution in [1.82, 2.24) is 15.2 Å². The Balaban J connectivity index is 2.31. The molecule has 0 bridgehead atoms. The zero-order chi connectivity index (χ0) is 14.9. The number of nitrogens with two attached hydrogens (primary N) is 1. The molecule has 7 heteroatoms. The van der Waals surface area contributed by atoms with E-state index in [1.54, 1.807) is 4.68 Å². The quantitative estimate of drug-likeness (QED) is 0.661. The van der Waals surface area contributed by atoms with E-state index in [1.165, 1.54) is 6.07 Å². The summed E-state index contributed by atoms with van der Waals surface area (Å²) < 4.78 is 28.9. The van der Waals surface area contributed by atoms with E-state index in [1.807, 2.05) is 14.0 Å². The summed E-state index contributed by atoms with van der Waals surface area (Å²) in [7, 11) is 1.83. The molecule has 0 saturated heterocycles. The van der Waals surface area contributed by atoms with Gasteiger partial charge in [-0.25, -0.2) is 8.78 Å². The lowest BCUT2D eigenvalue weighted by atomic mass is 10.0. The Morgan fingerprint density at radius 2 is 2.10 bits per heavy atom. The molecule has 1 aromatic heterocycles. The maximum absolute atomic E-state index is 13.3. The van der Waals surface area contributed by atoms with Crippen LogP contribution in [-0.2, 0) is 13.5 Å². The highest BCUT2D eigenvalue weighted by Gasteiger charge is 2.18. The first-order valence-corrected chi connectivity index (χ1v) is 6.82. The van der Waals surface area contributed by atoms with E-state index < -0.39 is 11.6 Å². The summed E-state index contributed by atoms with van der Waals surface area (Å²) in [4.78, 5) is 0. The molecule has 1 aromatic carbocycles. The van der Waals surface area contributed by atoms with E-state index in [0.29, 0.717) is 12.0 Å². The SMILES string of the molecule is Cc1nn(C)c(CC(NN)c2ccc(F)c(F)c2)c1Br. The molecule has 108 valence electrons. The average molecular weight is 345 g/mol. The molecule has 1 atom stereocenters.